The van der Waals surface area contributed by atoms with Crippen LogP contribution in [-0.4, -0.2) is 9.67 Å². The molecule has 0 saturated heterocycles. The van der Waals surface area contributed by atoms with E-state index in [0.29, 0.717) is 5.75 Å². The molecule has 3 heteroatoms. The van der Waals surface area contributed by atoms with Crippen molar-refractivity contribution in [2.75, 3.05) is 0 Å². The molecule has 1 N–H and O–H groups in total. The van der Waals surface area contributed by atoms with Crippen molar-refractivity contribution in [2.24, 2.45) is 0 Å². The Bertz CT molecular complexity index is 1280. The van der Waals surface area contributed by atoms with Crippen LogP contribution in [0.2, 0.25) is 0 Å². The molecular weight excluding hydrogens is 529 g/mol. The average Bonchev–Trinajstić information content (AvgIpc) is 3.10. The maximum absolute atomic E-state index is 11.4. The molecule has 4 aromatic rings. The lowest BCUT2D eigenvalue weighted by Crippen LogP contribution is -2.10. The zero-order valence-corrected chi connectivity index (χ0v) is 23.9. The number of hydrogen-bond donors (Lipinski definition) is 1. The summed E-state index contributed by atoms with van der Waals surface area (Å²) in [4.78, 5) is 0. The second-order valence-electron chi connectivity index (χ2n) is 11.7. The number of aromatic hydroxyl groups is 1. The van der Waals surface area contributed by atoms with Crippen LogP contribution in [0.1, 0.15) is 83.6 Å². The van der Waals surface area contributed by atoms with Crippen molar-refractivity contribution < 1.29 is 5.11 Å². The normalized spacial score (nSPS) is 12.7. The minimum atomic E-state index is 0.0703. The lowest BCUT2D eigenvalue weighted by Gasteiger charge is -2.19. The molecule has 0 bridgehead atoms. The lowest BCUT2D eigenvalue weighted by molar-refractivity contribution is 0.468. The molecule has 3 aromatic carbocycles. The van der Waals surface area contributed by atoms with Gasteiger partial charge in [0, 0.05) is 20.8 Å². The van der Waals surface area contributed by atoms with Gasteiger partial charge in [0.25, 0.3) is 0 Å². The fraction of sp³-hybridized carbons (Fsp3) is 0.419. The van der Waals surface area contributed by atoms with Gasteiger partial charge >= 0.3 is 0 Å². The molecule has 1 aromatic heterocycles. The van der Waals surface area contributed by atoms with E-state index in [1.165, 1.54) is 27.5 Å². The van der Waals surface area contributed by atoms with Crippen molar-refractivity contribution in [3.8, 4) is 11.4 Å². The number of hydrogen-bond acceptors (Lipinski definition) is 1. The molecule has 34 heavy (non-hydrogen) atoms. The van der Waals surface area contributed by atoms with Crippen LogP contribution in [0.4, 0.5) is 0 Å². The molecule has 0 fully saturated rings. The molecule has 0 amide bonds. The Morgan fingerprint density at radius 1 is 0.794 bits per heavy atom. The molecule has 4 rings (SSSR count). The first-order valence-electron chi connectivity index (χ1n) is 12.5. The number of fused-ring (bicyclic) bond motifs is 3. The van der Waals surface area contributed by atoms with E-state index in [1.54, 1.807) is 0 Å². The molecule has 0 aliphatic rings. The van der Waals surface area contributed by atoms with Crippen LogP contribution in [0.25, 0.3) is 27.5 Å². The van der Waals surface area contributed by atoms with E-state index in [1.807, 2.05) is 0 Å². The van der Waals surface area contributed by atoms with Crippen LogP contribution >= 0.6 is 22.6 Å². The SMILES string of the molecule is CCCCc1cc(CI)c(O)c(-n2c3ccc(C(C)(C)C)cc3c3cc(C(C)(C)C)ccc32)c1. The van der Waals surface area contributed by atoms with Crippen molar-refractivity contribution >= 4 is 44.4 Å². The molecule has 1 heterocycles. The van der Waals surface area contributed by atoms with Gasteiger partial charge in [0.15, 0.2) is 0 Å². The molecule has 0 saturated carbocycles. The summed E-state index contributed by atoms with van der Waals surface area (Å²) in [5, 5.41) is 13.9. The molecule has 0 aliphatic carbocycles. The van der Waals surface area contributed by atoms with Gasteiger partial charge < -0.3 is 9.67 Å². The van der Waals surface area contributed by atoms with Crippen molar-refractivity contribution in [1.29, 1.82) is 0 Å². The minimum Gasteiger partial charge on any atom is -0.505 e. The summed E-state index contributed by atoms with van der Waals surface area (Å²) < 4.78 is 3.07. The highest BCUT2D eigenvalue weighted by atomic mass is 127. The predicted molar refractivity (Wildman–Crippen MR) is 156 cm³/mol. The van der Waals surface area contributed by atoms with Gasteiger partial charge in [0.2, 0.25) is 0 Å². The summed E-state index contributed by atoms with van der Waals surface area (Å²) in [6, 6.07) is 18.1. The van der Waals surface area contributed by atoms with Gasteiger partial charge in [-0.25, -0.2) is 0 Å². The Kier molecular flexibility index (Phi) is 6.80. The molecule has 2 nitrogen and oxygen atoms in total. The largest absolute Gasteiger partial charge is 0.505 e. The van der Waals surface area contributed by atoms with Crippen LogP contribution < -0.4 is 0 Å². The zero-order valence-electron chi connectivity index (χ0n) is 21.7. The van der Waals surface area contributed by atoms with E-state index in [0.717, 1.165) is 46.0 Å². The number of phenols is 1. The quantitative estimate of drug-likeness (QED) is 0.189. The van der Waals surface area contributed by atoms with Gasteiger partial charge in [-0.2, -0.15) is 0 Å². The fourth-order valence-corrected chi connectivity index (χ4v) is 5.34. The third kappa shape index (κ3) is 4.60. The number of unbranched alkanes of at least 4 members (excludes halogenated alkanes) is 1. The van der Waals surface area contributed by atoms with Crippen LogP contribution in [0.15, 0.2) is 48.5 Å². The first kappa shape index (κ1) is 25.1. The molecule has 0 atom stereocenters. The smallest absolute Gasteiger partial charge is 0.143 e. The zero-order chi connectivity index (χ0) is 24.8. The maximum atomic E-state index is 11.4. The molecule has 0 unspecified atom stereocenters. The number of aryl methyl sites for hydroxylation is 1. The van der Waals surface area contributed by atoms with Crippen molar-refractivity contribution in [3.63, 3.8) is 0 Å². The third-order valence-electron chi connectivity index (χ3n) is 6.93. The topological polar surface area (TPSA) is 25.2 Å². The summed E-state index contributed by atoms with van der Waals surface area (Å²) in [6.07, 6.45) is 3.35. The van der Waals surface area contributed by atoms with Crippen LogP contribution in [0.3, 0.4) is 0 Å². The Labute approximate surface area is 218 Å². The van der Waals surface area contributed by atoms with E-state index in [-0.39, 0.29) is 10.8 Å². The second kappa shape index (κ2) is 9.22. The Morgan fingerprint density at radius 2 is 1.32 bits per heavy atom. The summed E-state index contributed by atoms with van der Waals surface area (Å²) >= 11 is 2.36. The van der Waals surface area contributed by atoms with Crippen LogP contribution in [0, 0.1) is 0 Å². The number of phenolic OH excluding ortho intramolecular Hbond substituents is 1. The van der Waals surface area contributed by atoms with Crippen LogP contribution in [0.5, 0.6) is 5.75 Å². The summed E-state index contributed by atoms with van der Waals surface area (Å²) in [5.41, 5.74) is 8.30. The molecular formula is C31H38INO. The second-order valence-corrected chi connectivity index (χ2v) is 12.4. The third-order valence-corrected chi connectivity index (χ3v) is 7.75. The Morgan fingerprint density at radius 3 is 1.76 bits per heavy atom. The first-order chi connectivity index (χ1) is 16.0. The average molecular weight is 568 g/mol. The number of aromatic nitrogens is 1. The van der Waals surface area contributed by atoms with Gasteiger partial charge in [0.05, 0.1) is 16.7 Å². The van der Waals surface area contributed by atoms with E-state index in [9.17, 15) is 5.11 Å². The number of halogens is 1. The minimum absolute atomic E-state index is 0.0703. The van der Waals surface area contributed by atoms with E-state index < -0.39 is 0 Å². The highest BCUT2D eigenvalue weighted by molar-refractivity contribution is 14.1. The molecule has 0 radical (unpaired) electrons. The number of rotatable bonds is 5. The van der Waals surface area contributed by atoms with Crippen molar-refractivity contribution in [2.45, 2.75) is 83.0 Å². The van der Waals surface area contributed by atoms with Crippen molar-refractivity contribution in [3.05, 3.63) is 70.8 Å². The monoisotopic (exact) mass is 567 g/mol. The van der Waals surface area contributed by atoms with Gasteiger partial charge in [-0.05, 0) is 70.7 Å². The Balaban J connectivity index is 2.10. The number of benzene rings is 3. The van der Waals surface area contributed by atoms with E-state index in [2.05, 4.69) is 124 Å². The first-order valence-corrected chi connectivity index (χ1v) is 14.0. The summed E-state index contributed by atoms with van der Waals surface area (Å²) in [7, 11) is 0. The van der Waals surface area contributed by atoms with Gasteiger partial charge in [0.1, 0.15) is 5.75 Å². The van der Waals surface area contributed by atoms with Gasteiger partial charge in [-0.1, -0.05) is 95.7 Å². The molecule has 180 valence electrons. The highest BCUT2D eigenvalue weighted by Crippen LogP contribution is 2.40. The van der Waals surface area contributed by atoms with E-state index in [4.69, 9.17) is 0 Å². The predicted octanol–water partition coefficient (Wildman–Crippen LogP) is 9.36. The van der Waals surface area contributed by atoms with Gasteiger partial charge in [-0.15, -0.1) is 0 Å². The fourth-order valence-electron chi connectivity index (χ4n) is 4.76. The number of nitrogens with zero attached hydrogens (tertiary/aromatic N) is 1. The maximum Gasteiger partial charge on any atom is 0.143 e. The van der Waals surface area contributed by atoms with E-state index >= 15 is 0 Å². The summed E-state index contributed by atoms with van der Waals surface area (Å²) in [6.45, 7) is 15.8. The Hall–Kier alpha value is -2.01. The highest BCUT2D eigenvalue weighted by Gasteiger charge is 2.22. The molecule has 0 aliphatic heterocycles. The standard InChI is InChI=1S/C31H38INO/c1-8-9-10-20-15-21(19-32)29(34)28(16-20)33-26-13-11-22(30(2,3)4)17-24(26)25-18-23(31(5,6)7)12-14-27(25)33/h11-18,34H,8-10,19H2,1-7H3. The van der Waals surface area contributed by atoms with Gasteiger partial charge in [-0.3, -0.25) is 0 Å². The van der Waals surface area contributed by atoms with Crippen molar-refractivity contribution in [1.82, 2.24) is 4.57 Å². The lowest BCUT2D eigenvalue weighted by atomic mass is 9.85. The summed E-state index contributed by atoms with van der Waals surface area (Å²) in [5.74, 6) is 0.397. The van der Waals surface area contributed by atoms with Crippen LogP contribution in [-0.2, 0) is 21.7 Å². The molecule has 0 spiro atoms. The number of alkyl halides is 1.